The molecule has 5 aromatic rings. The summed E-state index contributed by atoms with van der Waals surface area (Å²) < 4.78 is 119. The van der Waals surface area contributed by atoms with Gasteiger partial charge in [0.25, 0.3) is 0 Å². The Kier molecular flexibility index (Phi) is 8.64. The second-order valence-electron chi connectivity index (χ2n) is 14.0. The van der Waals surface area contributed by atoms with Crippen molar-refractivity contribution in [1.82, 2.24) is 19.9 Å². The maximum absolute atomic E-state index is 17.4. The maximum atomic E-state index is 17.4. The molecule has 0 unspecified atom stereocenters. The molecule has 3 aromatic heterocycles. The smallest absolute Gasteiger partial charge is 0.420 e. The summed E-state index contributed by atoms with van der Waals surface area (Å²) in [6.45, 7) is 2.57. The topological polar surface area (TPSA) is 139 Å². The Bertz CT molecular complexity index is 2380. The number of thiophene rings is 1. The zero-order chi connectivity index (χ0) is 38.3. The molecular weight excluding hydrogens is 742 g/mol. The van der Waals surface area contributed by atoms with Gasteiger partial charge in [-0.3, -0.25) is 4.90 Å². The number of nitrogens with zero attached hydrogens (tertiary/aromatic N) is 6. The van der Waals surface area contributed by atoms with Gasteiger partial charge in [0.15, 0.2) is 5.82 Å². The van der Waals surface area contributed by atoms with Crippen LogP contribution in [-0.2, 0) is 6.18 Å². The van der Waals surface area contributed by atoms with Crippen LogP contribution in [0.25, 0.3) is 32.1 Å². The number of nitrogens with two attached hydrogens (primary N) is 2. The highest BCUT2D eigenvalue weighted by Crippen LogP contribution is 2.54. The molecule has 2 aromatic carbocycles. The van der Waals surface area contributed by atoms with E-state index in [-0.39, 0.29) is 69.0 Å². The Balaban J connectivity index is 1.37. The highest BCUT2D eigenvalue weighted by atomic mass is 32.1. The molecule has 2 aliphatic heterocycles. The van der Waals surface area contributed by atoms with Gasteiger partial charge in [-0.15, -0.1) is 11.3 Å². The predicted octanol–water partition coefficient (Wildman–Crippen LogP) is 7.54. The Labute approximate surface area is 307 Å². The Morgan fingerprint density at radius 2 is 1.93 bits per heavy atom. The molecule has 3 aliphatic rings. The fourth-order valence-corrected chi connectivity index (χ4v) is 8.50. The summed E-state index contributed by atoms with van der Waals surface area (Å²) in [4.78, 5) is 16.3. The summed E-state index contributed by atoms with van der Waals surface area (Å²) in [5.41, 5.74) is 7.98. The fraction of sp³-hybridized carbons (Fsp3) is 0.389. The third-order valence-corrected chi connectivity index (χ3v) is 11.4. The zero-order valence-electron chi connectivity index (χ0n) is 28.5. The van der Waals surface area contributed by atoms with Gasteiger partial charge < -0.3 is 25.8 Å². The molecule has 0 radical (unpaired) electrons. The van der Waals surface area contributed by atoms with Crippen LogP contribution < -0.4 is 25.8 Å². The number of likely N-dealkylation sites (tertiary alicyclic amines) is 1. The number of nitrogen functional groups attached to an aromatic ring is 2. The van der Waals surface area contributed by atoms with Crippen LogP contribution in [0.1, 0.15) is 48.9 Å². The molecule has 1 aliphatic carbocycles. The van der Waals surface area contributed by atoms with Crippen molar-refractivity contribution in [3.8, 4) is 29.0 Å². The molecular formula is C36H31F7N8O2S. The quantitative estimate of drug-likeness (QED) is 0.152. The monoisotopic (exact) mass is 772 g/mol. The van der Waals surface area contributed by atoms with Gasteiger partial charge in [0.05, 0.1) is 41.0 Å². The molecule has 8 rings (SSSR count). The van der Waals surface area contributed by atoms with Crippen molar-refractivity contribution < 1.29 is 40.2 Å². The van der Waals surface area contributed by atoms with Crippen molar-refractivity contribution in [3.05, 3.63) is 58.5 Å². The Morgan fingerprint density at radius 1 is 1.15 bits per heavy atom. The lowest BCUT2D eigenvalue weighted by Crippen LogP contribution is -2.33. The van der Waals surface area contributed by atoms with Crippen LogP contribution in [-0.4, -0.2) is 65.4 Å². The second kappa shape index (κ2) is 13.0. The molecule has 2 fully saturated rings. The minimum Gasteiger partial charge on any atom is -0.490 e. The molecule has 1 saturated heterocycles. The first-order chi connectivity index (χ1) is 25.7. The summed E-state index contributed by atoms with van der Waals surface area (Å²) in [5, 5.41) is 9.01. The fourth-order valence-electron chi connectivity index (χ4n) is 7.56. The standard InChI is InChI=1S/C36H31F7N8O2S/c1-16(20-10-18(38)12-47-31(20)45)51-8-9-52-29-25-28(48-34(49-33(25)51)53-15-35(5-6-35)14-50-7-4-17(37)13-50)27(40)24(26(29)36(41,42)43)19-2-3-22(39)30-23(19)21(11-44)32(46)54-30/h2-3,10,12,16-17H,4-9,13-15,46H2,1H3,(H2,45,47)/t16-,17-/m1/s1. The minimum atomic E-state index is -5.27. The number of nitriles is 1. The molecule has 1 saturated carbocycles. The first kappa shape index (κ1) is 35.9. The van der Waals surface area contributed by atoms with Crippen LogP contribution in [0, 0.1) is 34.2 Å². The largest absolute Gasteiger partial charge is 0.490 e. The van der Waals surface area contributed by atoms with E-state index in [1.165, 1.54) is 4.90 Å². The van der Waals surface area contributed by atoms with Gasteiger partial charge in [-0.05, 0) is 43.9 Å². The van der Waals surface area contributed by atoms with E-state index in [0.717, 1.165) is 37.2 Å². The summed E-state index contributed by atoms with van der Waals surface area (Å²) in [6, 6.07) is 3.53. The SMILES string of the molecule is C[C@H](c1cc(F)cnc1N)N1CCOc2c(C(F)(F)F)c(-c3ccc(F)c4sc(N)c(C#N)c34)c(F)c3nc(OCC4(CN5CC[C@@H](F)C5)CC4)nc1c23. The molecule has 2 atom stereocenters. The van der Waals surface area contributed by atoms with Gasteiger partial charge in [0, 0.05) is 41.6 Å². The van der Waals surface area contributed by atoms with E-state index in [1.807, 2.05) is 11.0 Å². The number of hydrogen-bond acceptors (Lipinski definition) is 11. The van der Waals surface area contributed by atoms with Gasteiger partial charge in [0.2, 0.25) is 0 Å². The number of rotatable bonds is 8. The van der Waals surface area contributed by atoms with Crippen LogP contribution >= 0.6 is 11.3 Å². The van der Waals surface area contributed by atoms with Crippen LogP contribution in [0.4, 0.5) is 47.4 Å². The van der Waals surface area contributed by atoms with Crippen LogP contribution in [0.15, 0.2) is 24.4 Å². The predicted molar refractivity (Wildman–Crippen MR) is 187 cm³/mol. The van der Waals surface area contributed by atoms with Crippen molar-refractivity contribution in [2.24, 2.45) is 5.41 Å². The number of benzene rings is 2. The number of hydrogen-bond donors (Lipinski definition) is 2. The van der Waals surface area contributed by atoms with E-state index in [4.69, 9.17) is 20.9 Å². The van der Waals surface area contributed by atoms with Gasteiger partial charge in [-0.25, -0.2) is 22.5 Å². The molecule has 10 nitrogen and oxygen atoms in total. The molecule has 5 heterocycles. The number of anilines is 3. The first-order valence-corrected chi connectivity index (χ1v) is 17.9. The highest BCUT2D eigenvalue weighted by molar-refractivity contribution is 7.23. The van der Waals surface area contributed by atoms with Crippen LogP contribution in [0.5, 0.6) is 11.8 Å². The van der Waals surface area contributed by atoms with Crippen LogP contribution in [0.3, 0.4) is 0 Å². The van der Waals surface area contributed by atoms with Gasteiger partial charge in [-0.1, -0.05) is 6.07 Å². The summed E-state index contributed by atoms with van der Waals surface area (Å²) in [7, 11) is 0. The lowest BCUT2D eigenvalue weighted by atomic mass is 9.91. The van der Waals surface area contributed by atoms with Crippen molar-refractivity contribution in [2.75, 3.05) is 55.8 Å². The molecule has 0 amide bonds. The lowest BCUT2D eigenvalue weighted by Gasteiger charge is -2.30. The van der Waals surface area contributed by atoms with Gasteiger partial charge in [0.1, 0.15) is 63.9 Å². The number of halogens is 7. The van der Waals surface area contributed by atoms with E-state index >= 15 is 22.0 Å². The summed E-state index contributed by atoms with van der Waals surface area (Å²) >= 11 is 0.647. The second-order valence-corrected chi connectivity index (χ2v) is 15.0. The maximum Gasteiger partial charge on any atom is 0.420 e. The third kappa shape index (κ3) is 6.03. The number of aromatic nitrogens is 3. The lowest BCUT2D eigenvalue weighted by molar-refractivity contribution is -0.138. The van der Waals surface area contributed by atoms with E-state index in [9.17, 15) is 14.0 Å². The third-order valence-electron chi connectivity index (χ3n) is 10.4. The zero-order valence-corrected chi connectivity index (χ0v) is 29.4. The average Bonchev–Trinajstić information content (AvgIpc) is 3.69. The molecule has 18 heteroatoms. The normalized spacial score (nSPS) is 18.8. The van der Waals surface area contributed by atoms with Crippen LogP contribution in [0.2, 0.25) is 0 Å². The van der Waals surface area contributed by atoms with E-state index in [2.05, 4.69) is 15.0 Å². The number of alkyl halides is 4. The summed E-state index contributed by atoms with van der Waals surface area (Å²) in [5.74, 6) is -4.10. The Morgan fingerprint density at radius 3 is 2.61 bits per heavy atom. The molecule has 54 heavy (non-hydrogen) atoms. The van der Waals surface area contributed by atoms with Crippen molar-refractivity contribution in [2.45, 2.75) is 44.6 Å². The molecule has 0 spiro atoms. The van der Waals surface area contributed by atoms with E-state index in [0.29, 0.717) is 37.4 Å². The first-order valence-electron chi connectivity index (χ1n) is 17.0. The van der Waals surface area contributed by atoms with E-state index in [1.54, 1.807) is 6.92 Å². The van der Waals surface area contributed by atoms with E-state index < -0.39 is 69.2 Å². The number of fused-ring (bicyclic) bond motifs is 1. The van der Waals surface area contributed by atoms with Gasteiger partial charge >= 0.3 is 12.2 Å². The number of pyridine rings is 1. The van der Waals surface area contributed by atoms with Gasteiger partial charge in [-0.2, -0.15) is 28.4 Å². The Hall–Kier alpha value is -5.15. The van der Waals surface area contributed by atoms with Crippen molar-refractivity contribution >= 4 is 49.0 Å². The number of ether oxygens (including phenoxy) is 2. The van der Waals surface area contributed by atoms with Crippen molar-refractivity contribution in [3.63, 3.8) is 0 Å². The summed E-state index contributed by atoms with van der Waals surface area (Å²) in [6.07, 6.45) is -3.34. The molecule has 0 bridgehead atoms. The minimum absolute atomic E-state index is 0.0506. The molecule has 4 N–H and O–H groups in total. The average molecular weight is 773 g/mol. The highest BCUT2D eigenvalue weighted by Gasteiger charge is 2.47. The molecule has 282 valence electrons. The van der Waals surface area contributed by atoms with Crippen molar-refractivity contribution in [1.29, 1.82) is 5.26 Å².